The molecule has 5 nitrogen and oxygen atoms in total. The van der Waals surface area contributed by atoms with Crippen LogP contribution in [0.25, 0.3) is 0 Å². The lowest BCUT2D eigenvalue weighted by Gasteiger charge is -2.33. The maximum Gasteiger partial charge on any atom is 0.227 e. The van der Waals surface area contributed by atoms with Crippen molar-refractivity contribution in [1.82, 2.24) is 14.9 Å². The van der Waals surface area contributed by atoms with Gasteiger partial charge in [0.1, 0.15) is 5.82 Å². The molecule has 0 bridgehead atoms. The number of hydrogen-bond donors (Lipinski definition) is 1. The molecule has 0 spiro atoms. The summed E-state index contributed by atoms with van der Waals surface area (Å²) in [4.78, 5) is 14.2. The van der Waals surface area contributed by atoms with E-state index >= 15 is 0 Å². The second-order valence-electron chi connectivity index (χ2n) is 6.33. The fraction of sp³-hybridized carbons (Fsp3) is 0.714. The van der Waals surface area contributed by atoms with Crippen LogP contribution in [0.1, 0.15) is 26.5 Å². The zero-order valence-corrected chi connectivity index (χ0v) is 15.2. The number of likely N-dealkylation sites (N-methyl/N-ethyl adjacent to an activating group) is 1. The Hall–Kier alpha value is -0.630. The number of hydrogen-bond acceptors (Lipinski definition) is 5. The Morgan fingerprint density at radius 2 is 1.70 bits per heavy atom. The zero-order valence-electron chi connectivity index (χ0n) is 13.0. The summed E-state index contributed by atoms with van der Waals surface area (Å²) >= 11 is 2.34. The van der Waals surface area contributed by atoms with E-state index in [0.717, 1.165) is 47.2 Å². The average molecular weight is 389 g/mol. The van der Waals surface area contributed by atoms with E-state index in [1.165, 1.54) is 0 Å². The third-order valence-electron chi connectivity index (χ3n) is 3.57. The van der Waals surface area contributed by atoms with Crippen molar-refractivity contribution in [3.05, 3.63) is 9.26 Å². The standard InChI is InChI=1S/C14H24IN5/c1-14(2,3)11-10(15)12(16-4)18-13(17-11)20-8-6-19(5)7-9-20/h6-9H2,1-5H3,(H,16,17,18). The minimum absolute atomic E-state index is 0.0202. The molecule has 2 heterocycles. The molecule has 1 N–H and O–H groups in total. The molecule has 6 heteroatoms. The molecule has 1 fully saturated rings. The van der Waals surface area contributed by atoms with Crippen LogP contribution >= 0.6 is 22.6 Å². The van der Waals surface area contributed by atoms with Gasteiger partial charge in [-0.25, -0.2) is 4.98 Å². The number of nitrogens with one attached hydrogen (secondary N) is 1. The summed E-state index contributed by atoms with van der Waals surface area (Å²) in [5.74, 6) is 1.78. The monoisotopic (exact) mass is 389 g/mol. The van der Waals surface area contributed by atoms with Crippen molar-refractivity contribution in [1.29, 1.82) is 0 Å². The summed E-state index contributed by atoms with van der Waals surface area (Å²) in [6.07, 6.45) is 0. The minimum atomic E-state index is 0.0202. The molecular formula is C14H24IN5. The summed E-state index contributed by atoms with van der Waals surface area (Å²) in [6.45, 7) is 10.7. The van der Waals surface area contributed by atoms with Gasteiger partial charge in [-0.2, -0.15) is 4.98 Å². The summed E-state index contributed by atoms with van der Waals surface area (Å²) in [5.41, 5.74) is 1.14. The Morgan fingerprint density at radius 1 is 1.10 bits per heavy atom. The van der Waals surface area contributed by atoms with Gasteiger partial charge in [-0.05, 0) is 29.6 Å². The Balaban J connectivity index is 2.39. The zero-order chi connectivity index (χ0) is 14.9. The minimum Gasteiger partial charge on any atom is -0.372 e. The van der Waals surface area contributed by atoms with Gasteiger partial charge < -0.3 is 15.1 Å². The molecule has 0 aromatic carbocycles. The molecule has 0 radical (unpaired) electrons. The van der Waals surface area contributed by atoms with Crippen LogP contribution < -0.4 is 10.2 Å². The van der Waals surface area contributed by atoms with Crippen LogP contribution in [0.2, 0.25) is 0 Å². The fourth-order valence-electron chi connectivity index (χ4n) is 2.25. The lowest BCUT2D eigenvalue weighted by molar-refractivity contribution is 0.311. The number of rotatable bonds is 2. The highest BCUT2D eigenvalue weighted by molar-refractivity contribution is 14.1. The predicted octanol–water partition coefficient (Wildman–Crippen LogP) is 2.17. The number of piperazine rings is 1. The van der Waals surface area contributed by atoms with Crippen LogP contribution in [0.3, 0.4) is 0 Å². The molecule has 1 aliphatic heterocycles. The second-order valence-corrected chi connectivity index (χ2v) is 7.40. The highest BCUT2D eigenvalue weighted by Gasteiger charge is 2.25. The summed E-state index contributed by atoms with van der Waals surface area (Å²) < 4.78 is 1.12. The SMILES string of the molecule is CNc1nc(N2CCN(C)CC2)nc(C(C)(C)C)c1I. The van der Waals surface area contributed by atoms with Crippen LogP contribution in [0, 0.1) is 3.57 Å². The lowest BCUT2D eigenvalue weighted by atomic mass is 9.92. The quantitative estimate of drug-likeness (QED) is 0.786. The predicted molar refractivity (Wildman–Crippen MR) is 92.7 cm³/mol. The van der Waals surface area contributed by atoms with Crippen LogP contribution in [0.5, 0.6) is 0 Å². The lowest BCUT2D eigenvalue weighted by Crippen LogP contribution is -2.45. The van der Waals surface area contributed by atoms with Gasteiger partial charge in [0.05, 0.1) is 9.26 Å². The first-order valence-electron chi connectivity index (χ1n) is 7.02. The van der Waals surface area contributed by atoms with Gasteiger partial charge in [0, 0.05) is 38.6 Å². The van der Waals surface area contributed by atoms with E-state index < -0.39 is 0 Å². The first kappa shape index (κ1) is 15.8. The Morgan fingerprint density at radius 3 is 2.20 bits per heavy atom. The highest BCUT2D eigenvalue weighted by Crippen LogP contribution is 2.31. The summed E-state index contributed by atoms with van der Waals surface area (Å²) in [7, 11) is 4.08. The van der Waals surface area contributed by atoms with Crippen molar-refractivity contribution in [2.24, 2.45) is 0 Å². The van der Waals surface area contributed by atoms with Crippen molar-refractivity contribution >= 4 is 34.4 Å². The van der Waals surface area contributed by atoms with E-state index in [-0.39, 0.29) is 5.41 Å². The van der Waals surface area contributed by atoms with Gasteiger partial charge in [-0.15, -0.1) is 0 Å². The number of halogens is 1. The number of nitrogens with zero attached hydrogens (tertiary/aromatic N) is 4. The molecule has 0 atom stereocenters. The number of anilines is 2. The molecule has 1 saturated heterocycles. The van der Waals surface area contributed by atoms with E-state index in [4.69, 9.17) is 9.97 Å². The maximum atomic E-state index is 4.85. The molecule has 0 unspecified atom stereocenters. The Labute approximate surface area is 135 Å². The summed E-state index contributed by atoms with van der Waals surface area (Å²) in [5, 5.41) is 3.20. The van der Waals surface area contributed by atoms with Crippen molar-refractivity contribution in [2.45, 2.75) is 26.2 Å². The molecule has 2 rings (SSSR count). The van der Waals surface area contributed by atoms with Gasteiger partial charge in [-0.1, -0.05) is 20.8 Å². The number of aromatic nitrogens is 2. The molecule has 1 aromatic heterocycles. The van der Waals surface area contributed by atoms with Crippen molar-refractivity contribution in [3.63, 3.8) is 0 Å². The van der Waals surface area contributed by atoms with E-state index in [2.05, 4.69) is 65.5 Å². The molecule has 0 aliphatic carbocycles. The fourth-order valence-corrected chi connectivity index (χ4v) is 3.57. The van der Waals surface area contributed by atoms with Crippen LogP contribution in [0.4, 0.5) is 11.8 Å². The van der Waals surface area contributed by atoms with Crippen LogP contribution in [0.15, 0.2) is 0 Å². The van der Waals surface area contributed by atoms with Gasteiger partial charge in [0.25, 0.3) is 0 Å². The van der Waals surface area contributed by atoms with Crippen molar-refractivity contribution < 1.29 is 0 Å². The van der Waals surface area contributed by atoms with E-state index in [1.54, 1.807) is 0 Å². The van der Waals surface area contributed by atoms with Gasteiger partial charge >= 0.3 is 0 Å². The van der Waals surface area contributed by atoms with Gasteiger partial charge in [0.2, 0.25) is 5.95 Å². The molecule has 20 heavy (non-hydrogen) atoms. The Kier molecular flexibility index (Phi) is 4.73. The summed E-state index contributed by atoms with van der Waals surface area (Å²) in [6, 6.07) is 0. The topological polar surface area (TPSA) is 44.3 Å². The Bertz CT molecular complexity index is 475. The highest BCUT2D eigenvalue weighted by atomic mass is 127. The average Bonchev–Trinajstić information content (AvgIpc) is 2.38. The normalized spacial score (nSPS) is 17.4. The van der Waals surface area contributed by atoms with Crippen molar-refractivity contribution in [2.75, 3.05) is 50.5 Å². The second kappa shape index (κ2) is 6.01. The van der Waals surface area contributed by atoms with Gasteiger partial charge in [-0.3, -0.25) is 0 Å². The third kappa shape index (κ3) is 3.33. The smallest absolute Gasteiger partial charge is 0.227 e. The molecule has 1 aliphatic rings. The van der Waals surface area contributed by atoms with E-state index in [1.807, 2.05) is 7.05 Å². The van der Waals surface area contributed by atoms with Crippen molar-refractivity contribution in [3.8, 4) is 0 Å². The van der Waals surface area contributed by atoms with E-state index in [0.29, 0.717) is 0 Å². The first-order chi connectivity index (χ1) is 9.32. The van der Waals surface area contributed by atoms with Gasteiger partial charge in [0.15, 0.2) is 0 Å². The van der Waals surface area contributed by atoms with E-state index in [9.17, 15) is 0 Å². The molecular weight excluding hydrogens is 365 g/mol. The van der Waals surface area contributed by atoms with Crippen LogP contribution in [-0.4, -0.2) is 55.1 Å². The molecule has 0 saturated carbocycles. The molecule has 112 valence electrons. The maximum absolute atomic E-state index is 4.85. The molecule has 0 amide bonds. The molecule has 1 aromatic rings. The largest absolute Gasteiger partial charge is 0.372 e. The van der Waals surface area contributed by atoms with Crippen LogP contribution in [-0.2, 0) is 5.41 Å². The third-order valence-corrected chi connectivity index (χ3v) is 4.59. The first-order valence-corrected chi connectivity index (χ1v) is 8.10.